The summed E-state index contributed by atoms with van der Waals surface area (Å²) in [6, 6.07) is 7.42. The van der Waals surface area contributed by atoms with E-state index < -0.39 is 36.1 Å². The first-order valence-electron chi connectivity index (χ1n) is 19.4. The van der Waals surface area contributed by atoms with E-state index in [0.29, 0.717) is 50.3 Å². The third-order valence-electron chi connectivity index (χ3n) is 10.6. The monoisotopic (exact) mass is 869 g/mol. The number of rotatable bonds is 13. The Kier molecular flexibility index (Phi) is 11.4. The number of imide groups is 1. The number of benzene rings is 2. The average molecular weight is 870 g/mol. The van der Waals surface area contributed by atoms with Crippen LogP contribution in [-0.2, 0) is 41.6 Å². The Morgan fingerprint density at radius 1 is 1.08 bits per heavy atom. The molecule has 2 fully saturated rings. The van der Waals surface area contributed by atoms with E-state index in [-0.39, 0.29) is 80.4 Å². The van der Waals surface area contributed by atoms with Gasteiger partial charge in [0, 0.05) is 56.3 Å². The quantitative estimate of drug-likeness (QED) is 0.0848. The van der Waals surface area contributed by atoms with Gasteiger partial charge in [0.05, 0.1) is 37.9 Å². The zero-order valence-electron chi connectivity index (χ0n) is 33.7. The van der Waals surface area contributed by atoms with Gasteiger partial charge in [-0.2, -0.15) is 9.97 Å². The molecule has 20 nitrogen and oxygen atoms in total. The van der Waals surface area contributed by atoms with Crippen molar-refractivity contribution in [2.75, 3.05) is 42.3 Å². The summed E-state index contributed by atoms with van der Waals surface area (Å²) in [5, 5.41) is 18.2. The molecule has 3 aliphatic heterocycles. The highest BCUT2D eigenvalue weighted by molar-refractivity contribution is 6.31. The predicted molar refractivity (Wildman–Crippen MR) is 223 cm³/mol. The normalized spacial score (nSPS) is 18.4. The number of amides is 6. The fourth-order valence-corrected chi connectivity index (χ4v) is 7.60. The van der Waals surface area contributed by atoms with Crippen LogP contribution in [0.2, 0.25) is 5.02 Å². The molecule has 3 aromatic heterocycles. The third-order valence-corrected chi connectivity index (χ3v) is 10.8. The first kappa shape index (κ1) is 41.4. The molecule has 0 saturated carbocycles. The second-order valence-corrected chi connectivity index (χ2v) is 15.4. The number of halogens is 2. The van der Waals surface area contributed by atoms with E-state index in [1.165, 1.54) is 24.1 Å². The highest BCUT2D eigenvalue weighted by atomic mass is 35.5. The lowest BCUT2D eigenvalue weighted by atomic mass is 10.0. The lowest BCUT2D eigenvalue weighted by Crippen LogP contribution is -2.52. The number of fused-ring (bicyclic) bond motifs is 2. The second kappa shape index (κ2) is 17.0. The topological polar surface area (TPSA) is 232 Å². The molecule has 1 unspecified atom stereocenters. The summed E-state index contributed by atoms with van der Waals surface area (Å²) in [5.74, 6) is -0.674. The van der Waals surface area contributed by atoms with E-state index in [1.54, 1.807) is 65.0 Å². The molecule has 62 heavy (non-hydrogen) atoms. The van der Waals surface area contributed by atoms with Gasteiger partial charge in [-0.3, -0.25) is 29.2 Å². The number of imidazole rings is 1. The molecule has 322 valence electrons. The van der Waals surface area contributed by atoms with E-state index in [1.807, 2.05) is 0 Å². The summed E-state index contributed by atoms with van der Waals surface area (Å²) in [7, 11) is 5.03. The van der Waals surface area contributed by atoms with Crippen molar-refractivity contribution in [2.45, 2.75) is 44.2 Å². The lowest BCUT2D eigenvalue weighted by molar-refractivity contribution is -0.137. The minimum Gasteiger partial charge on any atom is -0.487 e. The Balaban J connectivity index is 0.851. The standard InChI is InChI=1S/C40H41ClFN13O7/c1-20(35(57)46-27-17-54(15-25(27)42)39-49-33(32-34(50-39)52(2)19-44-32)45-28-16-53(3)51-37(28)61-4)18-62-30-9-6-23(41)12-26(30)47-40(60)43-13-21-5-7-24-22(11-21)14-55(38(24)59)29-8-10-31(56)48-36(29)58/h5-7,9,11-12,16,19,25,27,29H,1,8,10,13-15,17-18H2,2-4H3,(H,46,57)(H2,43,47,60)(H,45,49,50)(H,48,56,58)/t25-,27-,29?/m1/s1. The van der Waals surface area contributed by atoms with Gasteiger partial charge in [-0.15, -0.1) is 5.10 Å². The number of methoxy groups -OCH3 is 1. The van der Waals surface area contributed by atoms with Crippen LogP contribution in [0.4, 0.5) is 32.3 Å². The number of ether oxygens (including phenoxy) is 2. The highest BCUT2D eigenvalue weighted by Crippen LogP contribution is 2.32. The van der Waals surface area contributed by atoms with Crippen LogP contribution in [0.15, 0.2) is 61.1 Å². The van der Waals surface area contributed by atoms with Crippen LogP contribution >= 0.6 is 11.6 Å². The van der Waals surface area contributed by atoms with E-state index in [2.05, 4.69) is 53.2 Å². The van der Waals surface area contributed by atoms with E-state index in [0.717, 1.165) is 0 Å². The number of nitrogens with zero attached hydrogens (tertiary/aromatic N) is 8. The van der Waals surface area contributed by atoms with Gasteiger partial charge in [0.15, 0.2) is 17.0 Å². The van der Waals surface area contributed by atoms with Crippen molar-refractivity contribution in [2.24, 2.45) is 14.1 Å². The molecule has 0 aliphatic carbocycles. The Morgan fingerprint density at radius 2 is 1.90 bits per heavy atom. The first-order chi connectivity index (χ1) is 29.7. The highest BCUT2D eigenvalue weighted by Gasteiger charge is 2.39. The van der Waals surface area contributed by atoms with Crippen LogP contribution in [-0.4, -0.2) is 109 Å². The number of urea groups is 1. The maximum atomic E-state index is 15.5. The molecule has 22 heteroatoms. The van der Waals surface area contributed by atoms with Gasteiger partial charge in [-0.05, 0) is 41.8 Å². The maximum absolute atomic E-state index is 15.5. The molecule has 6 heterocycles. The molecule has 3 aliphatic rings. The Bertz CT molecular complexity index is 2650. The Hall–Kier alpha value is -7.29. The zero-order chi connectivity index (χ0) is 43.8. The summed E-state index contributed by atoms with van der Waals surface area (Å²) in [5.41, 5.74) is 3.58. The molecule has 0 radical (unpaired) electrons. The minimum absolute atomic E-state index is 0.00304. The van der Waals surface area contributed by atoms with Crippen LogP contribution in [0.5, 0.6) is 11.6 Å². The molecule has 2 saturated heterocycles. The number of aryl methyl sites for hydroxylation is 2. The van der Waals surface area contributed by atoms with Gasteiger partial charge in [0.2, 0.25) is 23.7 Å². The number of hydrogen-bond acceptors (Lipinski definition) is 13. The SMILES string of the molecule is C=C(COc1ccc(Cl)cc1NC(=O)NCc1ccc2c(c1)CN(C1CCC(=O)NC1=O)C2=O)C(=O)N[C@@H]1CN(c2nc(Nc3cn(C)nc3OC)c3ncn(C)c3n2)C[C@H]1F. The molecular weight excluding hydrogens is 829 g/mol. The van der Waals surface area contributed by atoms with Crippen LogP contribution in [0.3, 0.4) is 0 Å². The molecule has 3 atom stereocenters. The summed E-state index contributed by atoms with van der Waals surface area (Å²) in [6.45, 7) is 3.80. The third kappa shape index (κ3) is 8.51. The van der Waals surface area contributed by atoms with Gasteiger partial charge in [0.25, 0.3) is 11.8 Å². The Morgan fingerprint density at radius 3 is 2.69 bits per heavy atom. The van der Waals surface area contributed by atoms with Crippen LogP contribution in [0.25, 0.3) is 11.2 Å². The molecule has 0 bridgehead atoms. The minimum atomic E-state index is -1.47. The van der Waals surface area contributed by atoms with E-state index in [9.17, 15) is 24.0 Å². The van der Waals surface area contributed by atoms with Crippen molar-refractivity contribution >= 4 is 75.6 Å². The van der Waals surface area contributed by atoms with Gasteiger partial charge in [0.1, 0.15) is 30.3 Å². The molecule has 5 N–H and O–H groups in total. The van der Waals surface area contributed by atoms with Crippen molar-refractivity contribution in [3.05, 3.63) is 82.8 Å². The second-order valence-electron chi connectivity index (χ2n) is 15.0. The van der Waals surface area contributed by atoms with Crippen molar-refractivity contribution in [3.63, 3.8) is 0 Å². The molecule has 8 rings (SSSR count). The Labute approximate surface area is 357 Å². The van der Waals surface area contributed by atoms with E-state index >= 15 is 4.39 Å². The maximum Gasteiger partial charge on any atom is 0.319 e. The smallest absolute Gasteiger partial charge is 0.319 e. The number of hydrogen-bond donors (Lipinski definition) is 5. The molecule has 2 aromatic carbocycles. The molecular formula is C40H41ClFN13O7. The largest absolute Gasteiger partial charge is 0.487 e. The number of carbonyl (C=O) groups excluding carboxylic acids is 5. The molecule has 6 amide bonds. The average Bonchev–Trinajstić information content (AvgIpc) is 4.00. The van der Waals surface area contributed by atoms with E-state index in [4.69, 9.17) is 21.1 Å². The number of piperidine rings is 1. The number of aromatic nitrogens is 6. The fourth-order valence-electron chi connectivity index (χ4n) is 7.43. The number of nitrogens with one attached hydrogen (secondary N) is 5. The molecule has 0 spiro atoms. The number of anilines is 4. The van der Waals surface area contributed by atoms with Gasteiger partial charge < -0.3 is 45.1 Å². The lowest BCUT2D eigenvalue weighted by Gasteiger charge is -2.29. The zero-order valence-corrected chi connectivity index (χ0v) is 34.5. The van der Waals surface area contributed by atoms with Gasteiger partial charge in [-0.1, -0.05) is 30.3 Å². The van der Waals surface area contributed by atoms with Crippen molar-refractivity contribution in [1.29, 1.82) is 0 Å². The first-order valence-corrected chi connectivity index (χ1v) is 19.8. The fraction of sp³-hybridized carbons (Fsp3) is 0.325. The van der Waals surface area contributed by atoms with Crippen LogP contribution in [0, 0.1) is 0 Å². The summed E-state index contributed by atoms with van der Waals surface area (Å²) < 4.78 is 30.1. The summed E-state index contributed by atoms with van der Waals surface area (Å²) in [4.78, 5) is 80.2. The number of alkyl halides is 1. The van der Waals surface area contributed by atoms with Crippen LogP contribution < -0.4 is 41.0 Å². The van der Waals surface area contributed by atoms with Gasteiger partial charge in [-0.25, -0.2) is 14.2 Å². The van der Waals surface area contributed by atoms with Crippen molar-refractivity contribution in [3.8, 4) is 11.6 Å². The number of carbonyl (C=O) groups is 5. The summed E-state index contributed by atoms with van der Waals surface area (Å²) in [6.07, 6.45) is 2.25. The van der Waals surface area contributed by atoms with Crippen molar-refractivity contribution in [1.82, 2.24) is 50.1 Å². The summed E-state index contributed by atoms with van der Waals surface area (Å²) >= 11 is 6.24. The predicted octanol–water partition coefficient (Wildman–Crippen LogP) is 2.86. The van der Waals surface area contributed by atoms with Crippen LogP contribution in [0.1, 0.15) is 34.3 Å². The molecule has 5 aromatic rings. The van der Waals surface area contributed by atoms with Crippen molar-refractivity contribution < 1.29 is 37.8 Å². The van der Waals surface area contributed by atoms with Gasteiger partial charge >= 0.3 is 6.03 Å².